The first-order valence-corrected chi connectivity index (χ1v) is 5.05. The number of nitriles is 1. The molecule has 0 fully saturated rings. The lowest BCUT2D eigenvalue weighted by Gasteiger charge is -2.03. The number of thiazole rings is 1. The van der Waals surface area contributed by atoms with Crippen LogP contribution in [0.25, 0.3) is 11.4 Å². The molecule has 3 N–H and O–H groups in total. The van der Waals surface area contributed by atoms with Gasteiger partial charge in [0.05, 0.1) is 22.5 Å². The molecule has 0 saturated heterocycles. The predicted octanol–water partition coefficient (Wildman–Crippen LogP) is 1.36. The Balaban J connectivity index is 2.49. The lowest BCUT2D eigenvalue weighted by atomic mass is 10.2. The summed E-state index contributed by atoms with van der Waals surface area (Å²) in [7, 11) is 0. The van der Waals surface area contributed by atoms with Crippen LogP contribution in [-0.4, -0.2) is 9.97 Å². The quantitative estimate of drug-likeness (QED) is 0.585. The molecule has 0 amide bonds. The second-order valence-electron chi connectivity index (χ2n) is 2.72. The molecule has 0 saturated carbocycles. The van der Waals surface area contributed by atoms with Crippen LogP contribution < -0.4 is 11.3 Å². The topological polar surface area (TPSA) is 87.6 Å². The SMILES string of the molecule is N#Cc1ccc(-c2cscn2)nc1NN. The smallest absolute Gasteiger partial charge is 0.158 e. The Kier molecular flexibility index (Phi) is 2.58. The zero-order valence-electron chi connectivity index (χ0n) is 7.64. The third kappa shape index (κ3) is 1.79. The second kappa shape index (κ2) is 4.04. The number of nitrogen functional groups attached to an aromatic ring is 1. The molecule has 0 aliphatic rings. The van der Waals surface area contributed by atoms with Crippen molar-refractivity contribution in [1.29, 1.82) is 5.26 Å². The van der Waals surface area contributed by atoms with Gasteiger partial charge >= 0.3 is 0 Å². The molecule has 2 aromatic heterocycles. The van der Waals surface area contributed by atoms with Crippen LogP contribution in [0.15, 0.2) is 23.0 Å². The summed E-state index contributed by atoms with van der Waals surface area (Å²) in [6, 6.07) is 5.40. The number of hydrogen-bond acceptors (Lipinski definition) is 6. The van der Waals surface area contributed by atoms with Crippen molar-refractivity contribution in [3.05, 3.63) is 28.6 Å². The minimum absolute atomic E-state index is 0.364. The van der Waals surface area contributed by atoms with Gasteiger partial charge in [0, 0.05) is 5.38 Å². The van der Waals surface area contributed by atoms with Crippen molar-refractivity contribution in [3.63, 3.8) is 0 Å². The molecule has 0 aliphatic heterocycles. The van der Waals surface area contributed by atoms with Crippen LogP contribution in [0.2, 0.25) is 0 Å². The van der Waals surface area contributed by atoms with Crippen LogP contribution in [-0.2, 0) is 0 Å². The molecule has 0 atom stereocenters. The van der Waals surface area contributed by atoms with Gasteiger partial charge in [-0.1, -0.05) is 0 Å². The Morgan fingerprint density at radius 1 is 1.40 bits per heavy atom. The zero-order valence-corrected chi connectivity index (χ0v) is 8.45. The molecule has 2 aromatic rings. The Bertz CT molecular complexity index is 500. The number of hydrazine groups is 1. The summed E-state index contributed by atoms with van der Waals surface area (Å²) in [5, 5.41) is 10.7. The van der Waals surface area contributed by atoms with E-state index >= 15 is 0 Å². The van der Waals surface area contributed by atoms with Crippen LogP contribution in [0.1, 0.15) is 5.56 Å². The summed E-state index contributed by atoms with van der Waals surface area (Å²) in [4.78, 5) is 8.31. The fourth-order valence-corrected chi connectivity index (χ4v) is 1.69. The molecule has 2 rings (SSSR count). The van der Waals surface area contributed by atoms with E-state index in [1.807, 2.05) is 11.4 Å². The van der Waals surface area contributed by atoms with Crippen molar-refractivity contribution >= 4 is 17.2 Å². The first kappa shape index (κ1) is 9.58. The van der Waals surface area contributed by atoms with Gasteiger partial charge < -0.3 is 5.43 Å². The van der Waals surface area contributed by atoms with Crippen LogP contribution in [0.3, 0.4) is 0 Å². The van der Waals surface area contributed by atoms with Gasteiger partial charge in [-0.15, -0.1) is 11.3 Å². The summed E-state index contributed by atoms with van der Waals surface area (Å²) >= 11 is 1.49. The third-order valence-electron chi connectivity index (χ3n) is 1.85. The highest BCUT2D eigenvalue weighted by atomic mass is 32.1. The van der Waals surface area contributed by atoms with Crippen LogP contribution in [0.5, 0.6) is 0 Å². The number of nitrogens with one attached hydrogen (secondary N) is 1. The Morgan fingerprint density at radius 3 is 2.87 bits per heavy atom. The van der Waals surface area contributed by atoms with Crippen LogP contribution in [0, 0.1) is 11.3 Å². The molecule has 0 aliphatic carbocycles. The predicted molar refractivity (Wildman–Crippen MR) is 57.9 cm³/mol. The van der Waals surface area contributed by atoms with E-state index in [4.69, 9.17) is 11.1 Å². The maximum Gasteiger partial charge on any atom is 0.158 e. The number of anilines is 1. The molecule has 2 heterocycles. The standard InChI is InChI=1S/C9H7N5S/c10-3-6-1-2-7(13-9(6)14-11)8-4-15-5-12-8/h1-2,4-5H,11H2,(H,13,14). The van der Waals surface area contributed by atoms with Crippen molar-refractivity contribution in [2.24, 2.45) is 5.84 Å². The average Bonchev–Trinajstić information content (AvgIpc) is 2.81. The monoisotopic (exact) mass is 217 g/mol. The highest BCUT2D eigenvalue weighted by Gasteiger charge is 2.06. The normalized spacial score (nSPS) is 9.60. The summed E-state index contributed by atoms with van der Waals surface area (Å²) < 4.78 is 0. The maximum atomic E-state index is 8.77. The summed E-state index contributed by atoms with van der Waals surface area (Å²) in [5.74, 6) is 5.63. The highest BCUT2D eigenvalue weighted by molar-refractivity contribution is 7.07. The van der Waals surface area contributed by atoms with E-state index in [0.717, 1.165) is 5.69 Å². The lowest BCUT2D eigenvalue weighted by Crippen LogP contribution is -2.10. The highest BCUT2D eigenvalue weighted by Crippen LogP contribution is 2.20. The fraction of sp³-hybridized carbons (Fsp3) is 0. The number of nitrogens with two attached hydrogens (primary N) is 1. The second-order valence-corrected chi connectivity index (χ2v) is 3.44. The van der Waals surface area contributed by atoms with Gasteiger partial charge in [0.25, 0.3) is 0 Å². The molecule has 5 nitrogen and oxygen atoms in total. The van der Waals surface area contributed by atoms with Crippen molar-refractivity contribution in [1.82, 2.24) is 9.97 Å². The first-order valence-electron chi connectivity index (χ1n) is 4.11. The number of nitrogens with zero attached hydrogens (tertiary/aromatic N) is 3. The van der Waals surface area contributed by atoms with Crippen LogP contribution >= 0.6 is 11.3 Å². The van der Waals surface area contributed by atoms with Gasteiger partial charge in [-0.05, 0) is 12.1 Å². The molecule has 6 heteroatoms. The molecule has 0 aromatic carbocycles. The molecule has 0 unspecified atom stereocenters. The molecule has 0 bridgehead atoms. The van der Waals surface area contributed by atoms with Crippen molar-refractivity contribution in [2.75, 3.05) is 5.43 Å². The van der Waals surface area contributed by atoms with Gasteiger partial charge in [-0.3, -0.25) is 0 Å². The number of rotatable bonds is 2. The molecular formula is C9H7N5S. The van der Waals surface area contributed by atoms with E-state index < -0.39 is 0 Å². The Hall–Kier alpha value is -1.97. The zero-order chi connectivity index (χ0) is 10.7. The molecule has 0 spiro atoms. The number of hydrogen-bond donors (Lipinski definition) is 2. The van der Waals surface area contributed by atoms with E-state index in [9.17, 15) is 0 Å². The number of pyridine rings is 1. The van der Waals surface area contributed by atoms with E-state index in [2.05, 4.69) is 15.4 Å². The summed E-state index contributed by atoms with van der Waals surface area (Å²) in [6.45, 7) is 0. The number of aromatic nitrogens is 2. The van der Waals surface area contributed by atoms with Crippen molar-refractivity contribution in [2.45, 2.75) is 0 Å². The van der Waals surface area contributed by atoms with Gasteiger partial charge in [-0.2, -0.15) is 5.26 Å². The van der Waals surface area contributed by atoms with Crippen molar-refractivity contribution < 1.29 is 0 Å². The Labute approximate surface area is 90.2 Å². The minimum Gasteiger partial charge on any atom is -0.307 e. The van der Waals surface area contributed by atoms with E-state index in [1.54, 1.807) is 17.6 Å². The average molecular weight is 217 g/mol. The fourth-order valence-electron chi connectivity index (χ4n) is 1.14. The minimum atomic E-state index is 0.364. The largest absolute Gasteiger partial charge is 0.307 e. The van der Waals surface area contributed by atoms with E-state index in [1.165, 1.54) is 11.3 Å². The van der Waals surface area contributed by atoms with Crippen molar-refractivity contribution in [3.8, 4) is 17.5 Å². The molecule has 0 radical (unpaired) electrons. The molecule has 74 valence electrons. The molecule has 15 heavy (non-hydrogen) atoms. The van der Waals surface area contributed by atoms with Gasteiger partial charge in [0.15, 0.2) is 5.82 Å². The van der Waals surface area contributed by atoms with Crippen LogP contribution in [0.4, 0.5) is 5.82 Å². The molecular weight excluding hydrogens is 210 g/mol. The van der Waals surface area contributed by atoms with E-state index in [-0.39, 0.29) is 0 Å². The van der Waals surface area contributed by atoms with E-state index in [0.29, 0.717) is 17.1 Å². The van der Waals surface area contributed by atoms with Gasteiger partial charge in [-0.25, -0.2) is 15.8 Å². The Morgan fingerprint density at radius 2 is 2.27 bits per heavy atom. The summed E-state index contributed by atoms with van der Waals surface area (Å²) in [6.07, 6.45) is 0. The third-order valence-corrected chi connectivity index (χ3v) is 2.43. The van der Waals surface area contributed by atoms with Gasteiger partial charge in [0.1, 0.15) is 6.07 Å². The first-order chi connectivity index (χ1) is 7.35. The lowest BCUT2D eigenvalue weighted by molar-refractivity contribution is 1.20. The summed E-state index contributed by atoms with van der Waals surface area (Å²) in [5.41, 5.74) is 6.01. The maximum absolute atomic E-state index is 8.77. The van der Waals surface area contributed by atoms with Gasteiger partial charge in [0.2, 0.25) is 0 Å².